The number of aliphatic hydroxyl groups excluding tert-OH is 6. The minimum Gasteiger partial charge on any atom is -0.394 e. The first-order valence-electron chi connectivity index (χ1n) is 7.30. The standard InChI is InChI=1S/C13H24O10/c1-13(2,22-11-9(18)7(16)5(3-14)20-11)23-12-10(19)8(17)6(4-15)21-12/h5-12,14-19H,3-4H2,1-2H3/t5-,6-,7+,8+,9+,10+,11-,12-/m1/s1. The summed E-state index contributed by atoms with van der Waals surface area (Å²) in [5.41, 5.74) is 0. The smallest absolute Gasteiger partial charge is 0.189 e. The Balaban J connectivity index is 1.95. The molecule has 2 aliphatic heterocycles. The van der Waals surface area contributed by atoms with Gasteiger partial charge in [-0.2, -0.15) is 0 Å². The fourth-order valence-electron chi connectivity index (χ4n) is 2.51. The van der Waals surface area contributed by atoms with Crippen LogP contribution in [0.4, 0.5) is 0 Å². The molecule has 0 saturated carbocycles. The molecule has 8 atom stereocenters. The molecule has 2 heterocycles. The molecule has 23 heavy (non-hydrogen) atoms. The van der Waals surface area contributed by atoms with Gasteiger partial charge in [-0.25, -0.2) is 0 Å². The molecule has 0 amide bonds. The van der Waals surface area contributed by atoms with Gasteiger partial charge in [-0.15, -0.1) is 0 Å². The van der Waals surface area contributed by atoms with Gasteiger partial charge in [0.15, 0.2) is 18.4 Å². The van der Waals surface area contributed by atoms with E-state index in [-0.39, 0.29) is 0 Å². The zero-order chi connectivity index (χ0) is 17.4. The van der Waals surface area contributed by atoms with Crippen molar-refractivity contribution in [3.63, 3.8) is 0 Å². The Morgan fingerprint density at radius 1 is 0.739 bits per heavy atom. The molecule has 0 aliphatic carbocycles. The third-order valence-electron chi connectivity index (χ3n) is 3.80. The van der Waals surface area contributed by atoms with E-state index < -0.39 is 68.2 Å². The minimum atomic E-state index is -1.43. The Labute approximate surface area is 132 Å². The lowest BCUT2D eigenvalue weighted by molar-refractivity contribution is -0.349. The van der Waals surface area contributed by atoms with Crippen molar-refractivity contribution in [1.82, 2.24) is 0 Å². The van der Waals surface area contributed by atoms with Crippen LogP contribution in [-0.2, 0) is 18.9 Å². The Bertz CT molecular complexity index is 357. The molecular formula is C13H24O10. The molecule has 10 heteroatoms. The van der Waals surface area contributed by atoms with Crippen LogP contribution < -0.4 is 0 Å². The average molecular weight is 340 g/mol. The quantitative estimate of drug-likeness (QED) is 0.270. The molecule has 2 aliphatic rings. The van der Waals surface area contributed by atoms with Crippen LogP contribution in [0.5, 0.6) is 0 Å². The summed E-state index contributed by atoms with van der Waals surface area (Å²) < 4.78 is 21.2. The molecule has 10 nitrogen and oxygen atoms in total. The number of aliphatic hydroxyl groups is 6. The highest BCUT2D eigenvalue weighted by atomic mass is 16.8. The van der Waals surface area contributed by atoms with Gasteiger partial charge in [0.05, 0.1) is 13.2 Å². The van der Waals surface area contributed by atoms with Gasteiger partial charge < -0.3 is 49.6 Å². The second-order valence-corrected chi connectivity index (χ2v) is 6.05. The Hall–Kier alpha value is -0.400. The Kier molecular flexibility index (Phi) is 5.95. The molecule has 0 aromatic rings. The molecule has 136 valence electrons. The summed E-state index contributed by atoms with van der Waals surface area (Å²) >= 11 is 0. The van der Waals surface area contributed by atoms with E-state index in [1.807, 2.05) is 0 Å². The van der Waals surface area contributed by atoms with Crippen molar-refractivity contribution < 1.29 is 49.6 Å². The van der Waals surface area contributed by atoms with Crippen molar-refractivity contribution in [2.24, 2.45) is 0 Å². The van der Waals surface area contributed by atoms with Gasteiger partial charge in [-0.05, 0) is 13.8 Å². The van der Waals surface area contributed by atoms with Gasteiger partial charge in [0.25, 0.3) is 0 Å². The van der Waals surface area contributed by atoms with Gasteiger partial charge in [0.1, 0.15) is 36.6 Å². The fourth-order valence-corrected chi connectivity index (χ4v) is 2.51. The third kappa shape index (κ3) is 3.99. The summed E-state index contributed by atoms with van der Waals surface area (Å²) in [6.45, 7) is 1.93. The van der Waals surface area contributed by atoms with Crippen LogP contribution in [0.15, 0.2) is 0 Å². The van der Waals surface area contributed by atoms with Crippen molar-refractivity contribution in [2.75, 3.05) is 13.2 Å². The van der Waals surface area contributed by atoms with Crippen LogP contribution in [0.25, 0.3) is 0 Å². The van der Waals surface area contributed by atoms with E-state index in [9.17, 15) is 20.4 Å². The lowest BCUT2D eigenvalue weighted by atomic mass is 10.1. The first-order valence-corrected chi connectivity index (χ1v) is 7.30. The largest absolute Gasteiger partial charge is 0.394 e. The van der Waals surface area contributed by atoms with Gasteiger partial charge in [0.2, 0.25) is 0 Å². The molecule has 2 fully saturated rings. The van der Waals surface area contributed by atoms with Crippen LogP contribution >= 0.6 is 0 Å². The van der Waals surface area contributed by atoms with Crippen LogP contribution in [-0.4, -0.2) is 98.8 Å². The molecule has 6 N–H and O–H groups in total. The number of rotatable bonds is 6. The van der Waals surface area contributed by atoms with Gasteiger partial charge in [0, 0.05) is 0 Å². The maximum Gasteiger partial charge on any atom is 0.189 e. The monoisotopic (exact) mass is 340 g/mol. The van der Waals surface area contributed by atoms with E-state index in [2.05, 4.69) is 0 Å². The first-order chi connectivity index (χ1) is 10.7. The Morgan fingerprint density at radius 3 is 1.35 bits per heavy atom. The van der Waals surface area contributed by atoms with Crippen LogP contribution in [0.3, 0.4) is 0 Å². The summed E-state index contributed by atoms with van der Waals surface area (Å²) in [6, 6.07) is 0. The zero-order valence-electron chi connectivity index (χ0n) is 12.8. The van der Waals surface area contributed by atoms with Gasteiger partial charge in [-0.3, -0.25) is 0 Å². The van der Waals surface area contributed by atoms with E-state index in [1.165, 1.54) is 13.8 Å². The number of ether oxygens (including phenoxy) is 4. The first kappa shape index (κ1) is 18.9. The van der Waals surface area contributed by atoms with Crippen LogP contribution in [0.1, 0.15) is 13.8 Å². The molecule has 0 unspecified atom stereocenters. The molecule has 0 spiro atoms. The summed E-state index contributed by atoms with van der Waals surface area (Å²) in [5.74, 6) is -1.43. The molecule has 2 rings (SSSR count). The Morgan fingerprint density at radius 2 is 1.09 bits per heavy atom. The van der Waals surface area contributed by atoms with E-state index >= 15 is 0 Å². The molecule has 0 aromatic carbocycles. The number of hydrogen-bond donors (Lipinski definition) is 6. The van der Waals surface area contributed by atoms with Crippen molar-refractivity contribution in [1.29, 1.82) is 0 Å². The normalized spacial score (nSPS) is 44.9. The third-order valence-corrected chi connectivity index (χ3v) is 3.80. The molecule has 0 aromatic heterocycles. The number of hydrogen-bond acceptors (Lipinski definition) is 10. The summed E-state index contributed by atoms with van der Waals surface area (Å²) in [7, 11) is 0. The average Bonchev–Trinajstić information content (AvgIpc) is 2.91. The SMILES string of the molecule is CC(C)(O[C@H]1O[C@H](CO)[C@H](O)[C@@H]1O)O[C@H]1O[C@H](CO)[C@H](O)[C@@H]1O. The highest BCUT2D eigenvalue weighted by Crippen LogP contribution is 2.30. The van der Waals surface area contributed by atoms with E-state index in [0.29, 0.717) is 0 Å². The molecule has 0 radical (unpaired) electrons. The van der Waals surface area contributed by atoms with Crippen molar-refractivity contribution >= 4 is 0 Å². The second kappa shape index (κ2) is 7.23. The fraction of sp³-hybridized carbons (Fsp3) is 1.00. The van der Waals surface area contributed by atoms with E-state index in [4.69, 9.17) is 29.2 Å². The van der Waals surface area contributed by atoms with Crippen molar-refractivity contribution in [2.45, 2.75) is 68.8 Å². The molecular weight excluding hydrogens is 316 g/mol. The summed E-state index contributed by atoms with van der Waals surface area (Å²) in [6.07, 6.45) is -9.88. The van der Waals surface area contributed by atoms with E-state index in [1.54, 1.807) is 0 Å². The predicted octanol–water partition coefficient (Wildman–Crippen LogP) is -3.37. The highest BCUT2D eigenvalue weighted by molar-refractivity contribution is 4.89. The summed E-state index contributed by atoms with van der Waals surface area (Å²) in [5, 5.41) is 57.1. The van der Waals surface area contributed by atoms with Gasteiger partial charge >= 0.3 is 0 Å². The minimum absolute atomic E-state index is 0.492. The zero-order valence-corrected chi connectivity index (χ0v) is 12.8. The predicted molar refractivity (Wildman–Crippen MR) is 71.8 cm³/mol. The second-order valence-electron chi connectivity index (χ2n) is 6.05. The van der Waals surface area contributed by atoms with Crippen LogP contribution in [0.2, 0.25) is 0 Å². The van der Waals surface area contributed by atoms with Crippen molar-refractivity contribution in [3.05, 3.63) is 0 Å². The van der Waals surface area contributed by atoms with Crippen LogP contribution in [0, 0.1) is 0 Å². The van der Waals surface area contributed by atoms with Crippen molar-refractivity contribution in [3.8, 4) is 0 Å². The van der Waals surface area contributed by atoms with E-state index in [0.717, 1.165) is 0 Å². The summed E-state index contributed by atoms with van der Waals surface area (Å²) in [4.78, 5) is 0. The topological polar surface area (TPSA) is 158 Å². The van der Waals surface area contributed by atoms with Gasteiger partial charge in [-0.1, -0.05) is 0 Å². The lowest BCUT2D eigenvalue weighted by Gasteiger charge is -2.32. The highest BCUT2D eigenvalue weighted by Gasteiger charge is 2.49. The molecule has 2 saturated heterocycles. The maximum atomic E-state index is 9.84. The lowest BCUT2D eigenvalue weighted by Crippen LogP contribution is -2.44. The molecule has 0 bridgehead atoms. The maximum absolute atomic E-state index is 9.84.